The summed E-state index contributed by atoms with van der Waals surface area (Å²) in [5.74, 6) is -0.419. The van der Waals surface area contributed by atoms with E-state index in [0.29, 0.717) is 30.8 Å². The Balaban J connectivity index is 2.32. The summed E-state index contributed by atoms with van der Waals surface area (Å²) in [5, 5.41) is 5.90. The third kappa shape index (κ3) is 11.5. The summed E-state index contributed by atoms with van der Waals surface area (Å²) >= 11 is 6.02. The molecule has 0 saturated heterocycles. The first kappa shape index (κ1) is 25.6. The molecule has 0 saturated carbocycles. The molecule has 0 unspecified atom stereocenters. The number of methoxy groups -OCH3 is 1. The number of carbonyl (C=O) groups is 3. The minimum Gasteiger partial charge on any atom is -0.469 e. The Kier molecular flexibility index (Phi) is 11.0. The number of carbonyl (C=O) groups excluding carboxylic acids is 3. The van der Waals surface area contributed by atoms with E-state index in [1.807, 2.05) is 6.07 Å². The highest BCUT2D eigenvalue weighted by atomic mass is 35.5. The first-order chi connectivity index (χ1) is 14.1. The summed E-state index contributed by atoms with van der Waals surface area (Å²) in [4.78, 5) is 35.3. The van der Waals surface area contributed by atoms with Crippen LogP contribution in [0.3, 0.4) is 0 Å². The van der Waals surface area contributed by atoms with Gasteiger partial charge < -0.3 is 24.8 Å². The molecule has 0 aliphatic heterocycles. The lowest BCUT2D eigenvalue weighted by Crippen LogP contribution is -2.40. The van der Waals surface area contributed by atoms with Gasteiger partial charge in [-0.2, -0.15) is 0 Å². The predicted octanol–water partition coefficient (Wildman–Crippen LogP) is 4.19. The molecule has 1 rings (SSSR count). The minimum absolute atomic E-state index is 0.0447. The molecule has 1 atom stereocenters. The van der Waals surface area contributed by atoms with Crippen LogP contribution in [-0.2, 0) is 25.6 Å². The molecule has 1 aromatic rings. The average Bonchev–Trinajstić information content (AvgIpc) is 2.65. The molecule has 0 spiro atoms. The molecule has 0 bridgehead atoms. The van der Waals surface area contributed by atoms with Crippen molar-refractivity contribution in [2.75, 3.05) is 13.7 Å². The second kappa shape index (κ2) is 13.0. The van der Waals surface area contributed by atoms with Gasteiger partial charge >= 0.3 is 18.2 Å². The summed E-state index contributed by atoms with van der Waals surface area (Å²) in [6, 6.07) is 6.72. The Labute approximate surface area is 182 Å². The number of ether oxygens (including phenoxy) is 3. The van der Waals surface area contributed by atoms with E-state index in [1.54, 1.807) is 39.0 Å². The fraction of sp³-hybridized carbons (Fsp3) is 0.571. The van der Waals surface area contributed by atoms with Crippen LogP contribution in [0.2, 0.25) is 5.02 Å². The van der Waals surface area contributed by atoms with Crippen LogP contribution < -0.4 is 10.6 Å². The fourth-order valence-corrected chi connectivity index (χ4v) is 2.69. The Morgan fingerprint density at radius 3 is 2.43 bits per heavy atom. The van der Waals surface area contributed by atoms with Crippen molar-refractivity contribution in [3.05, 3.63) is 34.9 Å². The van der Waals surface area contributed by atoms with Crippen molar-refractivity contribution in [3.8, 4) is 0 Å². The summed E-state index contributed by atoms with van der Waals surface area (Å²) in [6.07, 6.45) is 0.774. The quantitative estimate of drug-likeness (QED) is 0.320. The summed E-state index contributed by atoms with van der Waals surface area (Å²) in [7, 11) is 1.30. The van der Waals surface area contributed by atoms with Crippen molar-refractivity contribution in [1.29, 1.82) is 0 Å². The van der Waals surface area contributed by atoms with Crippen LogP contribution in [0.25, 0.3) is 0 Å². The highest BCUT2D eigenvalue weighted by molar-refractivity contribution is 6.31. The van der Waals surface area contributed by atoms with Gasteiger partial charge in [0.05, 0.1) is 13.5 Å². The lowest BCUT2D eigenvalue weighted by molar-refractivity contribution is -0.141. The highest BCUT2D eigenvalue weighted by Crippen LogP contribution is 2.15. The van der Waals surface area contributed by atoms with Crippen molar-refractivity contribution in [2.45, 2.75) is 64.7 Å². The summed E-state index contributed by atoms with van der Waals surface area (Å²) in [5.41, 5.74) is 0.0990. The molecule has 0 radical (unpaired) electrons. The normalized spacial score (nSPS) is 11.9. The number of benzene rings is 1. The fourth-order valence-electron chi connectivity index (χ4n) is 2.50. The lowest BCUT2D eigenvalue weighted by Gasteiger charge is -2.23. The van der Waals surface area contributed by atoms with E-state index in [4.69, 9.17) is 21.1 Å². The number of nitrogens with one attached hydrogen (secondary N) is 2. The molecule has 168 valence electrons. The number of amides is 2. The van der Waals surface area contributed by atoms with Crippen LogP contribution in [0.1, 0.15) is 52.0 Å². The molecule has 2 amide bonds. The zero-order valence-corrected chi connectivity index (χ0v) is 18.7. The molecule has 30 heavy (non-hydrogen) atoms. The minimum atomic E-state index is -0.631. The zero-order valence-electron chi connectivity index (χ0n) is 18.0. The first-order valence-electron chi connectivity index (χ1n) is 9.81. The maximum atomic E-state index is 12.0. The van der Waals surface area contributed by atoms with Crippen molar-refractivity contribution < 1.29 is 28.6 Å². The van der Waals surface area contributed by atoms with Gasteiger partial charge in [0.1, 0.15) is 12.2 Å². The van der Waals surface area contributed by atoms with Crippen molar-refractivity contribution in [2.24, 2.45) is 0 Å². The molecular weight excluding hydrogens is 412 g/mol. The number of alkyl carbamates (subject to hydrolysis) is 2. The monoisotopic (exact) mass is 442 g/mol. The van der Waals surface area contributed by atoms with Crippen LogP contribution in [0.4, 0.5) is 9.59 Å². The molecule has 0 aliphatic rings. The first-order valence-corrected chi connectivity index (χ1v) is 10.2. The average molecular weight is 443 g/mol. The number of hydrogen-bond donors (Lipinski definition) is 2. The Hall–Kier alpha value is -2.48. The third-order valence-electron chi connectivity index (χ3n) is 3.93. The molecule has 0 aromatic heterocycles. The van der Waals surface area contributed by atoms with E-state index >= 15 is 0 Å². The van der Waals surface area contributed by atoms with E-state index in [1.165, 1.54) is 7.11 Å². The SMILES string of the molecule is COC(=O)C[C@H](CCCCNC(=O)OCc1ccccc1Cl)NC(=O)OC(C)(C)C. The van der Waals surface area contributed by atoms with Gasteiger partial charge in [0, 0.05) is 23.2 Å². The third-order valence-corrected chi connectivity index (χ3v) is 4.30. The molecular formula is C21H31ClN2O6. The van der Waals surface area contributed by atoms with Crippen molar-refractivity contribution >= 4 is 29.8 Å². The topological polar surface area (TPSA) is 103 Å². The largest absolute Gasteiger partial charge is 0.469 e. The molecule has 0 aliphatic carbocycles. The molecule has 2 N–H and O–H groups in total. The second-order valence-corrected chi connectivity index (χ2v) is 8.12. The highest BCUT2D eigenvalue weighted by Gasteiger charge is 2.21. The summed E-state index contributed by atoms with van der Waals surface area (Å²) < 4.78 is 15.0. The van der Waals surface area contributed by atoms with E-state index < -0.39 is 29.8 Å². The Morgan fingerprint density at radius 1 is 1.10 bits per heavy atom. The van der Waals surface area contributed by atoms with E-state index in [0.717, 1.165) is 5.56 Å². The van der Waals surface area contributed by atoms with Gasteiger partial charge in [-0.3, -0.25) is 4.79 Å². The maximum absolute atomic E-state index is 12.0. The number of rotatable bonds is 10. The van der Waals surface area contributed by atoms with Crippen molar-refractivity contribution in [3.63, 3.8) is 0 Å². The van der Waals surface area contributed by atoms with Crippen LogP contribution in [0, 0.1) is 0 Å². The van der Waals surface area contributed by atoms with Crippen LogP contribution in [0.15, 0.2) is 24.3 Å². The van der Waals surface area contributed by atoms with Gasteiger partial charge in [-0.25, -0.2) is 9.59 Å². The van der Waals surface area contributed by atoms with Crippen molar-refractivity contribution in [1.82, 2.24) is 10.6 Å². The second-order valence-electron chi connectivity index (χ2n) is 7.71. The van der Waals surface area contributed by atoms with Gasteiger partial charge in [0.25, 0.3) is 0 Å². The maximum Gasteiger partial charge on any atom is 0.407 e. The van der Waals surface area contributed by atoms with Gasteiger partial charge in [-0.05, 0) is 46.1 Å². The van der Waals surface area contributed by atoms with Gasteiger partial charge in [0.2, 0.25) is 0 Å². The molecule has 0 fully saturated rings. The summed E-state index contributed by atoms with van der Waals surface area (Å²) in [6.45, 7) is 5.78. The number of unbranched alkanes of at least 4 members (excludes halogenated alkanes) is 1. The van der Waals surface area contributed by atoms with Gasteiger partial charge in [0.15, 0.2) is 0 Å². The van der Waals surface area contributed by atoms with E-state index in [2.05, 4.69) is 15.4 Å². The zero-order chi connectivity index (χ0) is 22.6. The molecule has 8 nitrogen and oxygen atoms in total. The van der Waals surface area contributed by atoms with Crippen LogP contribution >= 0.6 is 11.6 Å². The molecule has 9 heteroatoms. The molecule has 0 heterocycles. The van der Waals surface area contributed by atoms with E-state index in [9.17, 15) is 14.4 Å². The smallest absolute Gasteiger partial charge is 0.407 e. The van der Waals surface area contributed by atoms with Gasteiger partial charge in [-0.1, -0.05) is 29.8 Å². The standard InChI is InChI=1S/C21H31ClN2O6/c1-21(2,3)30-20(27)24-16(13-18(25)28-4)10-7-8-12-23-19(26)29-14-15-9-5-6-11-17(15)22/h5-6,9,11,16H,7-8,10,12-14H2,1-4H3,(H,23,26)(H,24,27)/t16-/m0/s1. The number of esters is 1. The number of halogens is 1. The van der Waals surface area contributed by atoms with E-state index in [-0.39, 0.29) is 13.0 Å². The van der Waals surface area contributed by atoms with Crippen LogP contribution in [-0.4, -0.2) is 43.5 Å². The Morgan fingerprint density at radius 2 is 1.80 bits per heavy atom. The van der Waals surface area contributed by atoms with Gasteiger partial charge in [-0.15, -0.1) is 0 Å². The predicted molar refractivity (Wildman–Crippen MR) is 113 cm³/mol. The Bertz CT molecular complexity index is 705. The molecule has 1 aromatic carbocycles. The number of hydrogen-bond acceptors (Lipinski definition) is 6. The van der Waals surface area contributed by atoms with Crippen LogP contribution in [0.5, 0.6) is 0 Å². The lowest BCUT2D eigenvalue weighted by atomic mass is 10.1.